The number of hydrogen-bond acceptors (Lipinski definition) is 5. The van der Waals surface area contributed by atoms with E-state index in [0.29, 0.717) is 17.7 Å². The lowest BCUT2D eigenvalue weighted by molar-refractivity contribution is 0.160. The van der Waals surface area contributed by atoms with Crippen molar-refractivity contribution in [1.82, 2.24) is 10.2 Å². The van der Waals surface area contributed by atoms with E-state index in [1.807, 2.05) is 0 Å². The van der Waals surface area contributed by atoms with Crippen LogP contribution in [-0.4, -0.2) is 45.9 Å². The molecule has 3 aromatic rings. The molecule has 0 unspecified atom stereocenters. The number of β-amino-alcohol motifs (C(OH)–C–C–N with tert-alkyl or cyclic N) is 1. The van der Waals surface area contributed by atoms with Crippen LogP contribution in [0.1, 0.15) is 47.8 Å². The second-order valence-corrected chi connectivity index (χ2v) is 9.80. The molecule has 0 spiro atoms. The minimum Gasteiger partial charge on any atom is -0.508 e. The summed E-state index contributed by atoms with van der Waals surface area (Å²) in [6, 6.07) is 24.1. The van der Waals surface area contributed by atoms with Crippen LogP contribution in [0.2, 0.25) is 0 Å². The highest BCUT2D eigenvalue weighted by Gasteiger charge is 2.20. The number of nitrogens with zero attached hydrogens (tertiary/aromatic N) is 1. The molecule has 3 aromatic carbocycles. The Morgan fingerprint density at radius 3 is 2.35 bits per heavy atom. The Balaban J connectivity index is 1.52. The fourth-order valence-corrected chi connectivity index (χ4v) is 4.20. The van der Waals surface area contributed by atoms with Gasteiger partial charge in [-0.15, -0.1) is 0 Å². The number of aliphatic hydroxyl groups excluding tert-OH is 2. The van der Waals surface area contributed by atoms with Gasteiger partial charge in [-0.1, -0.05) is 60.7 Å². The van der Waals surface area contributed by atoms with Crippen molar-refractivity contribution in [2.24, 2.45) is 0 Å². The van der Waals surface area contributed by atoms with Crippen LogP contribution in [0.15, 0.2) is 72.8 Å². The lowest BCUT2D eigenvalue weighted by Crippen LogP contribution is -2.43. The molecule has 1 atom stereocenters. The summed E-state index contributed by atoms with van der Waals surface area (Å²) >= 11 is 0. The third-order valence-corrected chi connectivity index (χ3v) is 6.15. The van der Waals surface area contributed by atoms with Gasteiger partial charge in [-0.3, -0.25) is 0 Å². The molecule has 3 rings (SSSR count). The van der Waals surface area contributed by atoms with Gasteiger partial charge in [0.25, 0.3) is 0 Å². The van der Waals surface area contributed by atoms with E-state index in [1.54, 1.807) is 12.1 Å². The smallest absolute Gasteiger partial charge is 0.121 e. The molecule has 0 saturated carbocycles. The summed E-state index contributed by atoms with van der Waals surface area (Å²) < 4.78 is 0. The van der Waals surface area contributed by atoms with Crippen molar-refractivity contribution < 1.29 is 15.3 Å². The van der Waals surface area contributed by atoms with E-state index in [0.717, 1.165) is 25.9 Å². The Kier molecular flexibility index (Phi) is 9.25. The van der Waals surface area contributed by atoms with Gasteiger partial charge in [-0.25, -0.2) is 0 Å². The van der Waals surface area contributed by atoms with Gasteiger partial charge in [0.05, 0.1) is 12.7 Å². The third kappa shape index (κ3) is 7.96. The van der Waals surface area contributed by atoms with Crippen LogP contribution >= 0.6 is 0 Å². The molecule has 5 nitrogen and oxygen atoms in total. The number of hydrogen-bond donors (Lipinski definition) is 4. The molecule has 0 bridgehead atoms. The minimum atomic E-state index is -0.727. The zero-order valence-corrected chi connectivity index (χ0v) is 20.5. The monoisotopic (exact) mass is 462 g/mol. The lowest BCUT2D eigenvalue weighted by Gasteiger charge is -2.28. The fraction of sp³-hybridized carbons (Fsp3) is 0.379. The molecule has 5 heteroatoms. The van der Waals surface area contributed by atoms with Crippen LogP contribution in [0.5, 0.6) is 5.75 Å². The van der Waals surface area contributed by atoms with Gasteiger partial charge >= 0.3 is 0 Å². The van der Waals surface area contributed by atoms with E-state index in [4.69, 9.17) is 0 Å². The quantitative estimate of drug-likeness (QED) is 0.325. The zero-order valence-electron chi connectivity index (χ0n) is 20.5. The van der Waals surface area contributed by atoms with Crippen LogP contribution in [0.3, 0.4) is 0 Å². The maximum Gasteiger partial charge on any atom is 0.121 e. The zero-order chi connectivity index (χ0) is 24.6. The molecule has 0 aliphatic rings. The Morgan fingerprint density at radius 2 is 1.62 bits per heavy atom. The van der Waals surface area contributed by atoms with E-state index < -0.39 is 6.10 Å². The van der Waals surface area contributed by atoms with Gasteiger partial charge in [-0.2, -0.15) is 0 Å². The first-order chi connectivity index (χ1) is 16.3. The van der Waals surface area contributed by atoms with E-state index in [1.165, 1.54) is 22.8 Å². The van der Waals surface area contributed by atoms with Crippen LogP contribution in [-0.2, 0) is 26.0 Å². The normalized spacial score (nSPS) is 12.8. The van der Waals surface area contributed by atoms with Crippen molar-refractivity contribution in [3.8, 4) is 5.75 Å². The second kappa shape index (κ2) is 12.1. The standard InChI is InChI=1S/C29H38N2O3/c1-29(2,30-19-28(34)25-12-13-27(33)26(17-25)21-32)18-23-10-7-11-24(16-23)20-31(3)15-14-22-8-5-4-6-9-22/h4-13,16-17,28,30,32-34H,14-15,18-21H2,1-3H3/t28-/m0/s1. The largest absolute Gasteiger partial charge is 0.508 e. The summed E-state index contributed by atoms with van der Waals surface area (Å²) in [6.07, 6.45) is 1.14. The van der Waals surface area contributed by atoms with Crippen LogP contribution in [0, 0.1) is 0 Å². The predicted molar refractivity (Wildman–Crippen MR) is 138 cm³/mol. The van der Waals surface area contributed by atoms with Gasteiger partial charge in [0.15, 0.2) is 0 Å². The number of phenols is 1. The molecule has 182 valence electrons. The average Bonchev–Trinajstić information content (AvgIpc) is 2.82. The molecule has 0 aliphatic heterocycles. The first kappa shape index (κ1) is 25.9. The van der Waals surface area contributed by atoms with Crippen molar-refractivity contribution in [1.29, 1.82) is 0 Å². The van der Waals surface area contributed by atoms with Gasteiger partial charge in [0.1, 0.15) is 5.75 Å². The van der Waals surface area contributed by atoms with Gasteiger partial charge in [-0.05, 0) is 68.1 Å². The van der Waals surface area contributed by atoms with Crippen molar-refractivity contribution in [2.45, 2.75) is 51.5 Å². The topological polar surface area (TPSA) is 76.0 Å². The maximum atomic E-state index is 10.6. The molecule has 0 fully saturated rings. The average molecular weight is 463 g/mol. The van der Waals surface area contributed by atoms with Crippen molar-refractivity contribution in [2.75, 3.05) is 20.1 Å². The predicted octanol–water partition coefficient (Wildman–Crippen LogP) is 4.20. The summed E-state index contributed by atoms with van der Waals surface area (Å²) in [7, 11) is 2.16. The highest BCUT2D eigenvalue weighted by atomic mass is 16.3. The number of aliphatic hydroxyl groups is 2. The molecule has 0 saturated heterocycles. The van der Waals surface area contributed by atoms with Crippen molar-refractivity contribution in [3.63, 3.8) is 0 Å². The number of benzene rings is 3. The molecule has 0 heterocycles. The number of rotatable bonds is 12. The van der Waals surface area contributed by atoms with E-state index in [2.05, 4.69) is 85.7 Å². The summed E-state index contributed by atoms with van der Waals surface area (Å²) in [6.45, 7) is 6.30. The third-order valence-electron chi connectivity index (χ3n) is 6.15. The molecule has 34 heavy (non-hydrogen) atoms. The fourth-order valence-electron chi connectivity index (χ4n) is 4.20. The Hall–Kier alpha value is -2.70. The number of aromatic hydroxyl groups is 1. The van der Waals surface area contributed by atoms with Crippen LogP contribution in [0.4, 0.5) is 0 Å². The van der Waals surface area contributed by atoms with Crippen molar-refractivity contribution >= 4 is 0 Å². The van der Waals surface area contributed by atoms with E-state index in [-0.39, 0.29) is 17.9 Å². The van der Waals surface area contributed by atoms with Gasteiger partial charge < -0.3 is 25.5 Å². The van der Waals surface area contributed by atoms with Crippen LogP contribution < -0.4 is 5.32 Å². The molecule has 0 radical (unpaired) electrons. The van der Waals surface area contributed by atoms with Gasteiger partial charge in [0.2, 0.25) is 0 Å². The Morgan fingerprint density at radius 1 is 0.912 bits per heavy atom. The first-order valence-electron chi connectivity index (χ1n) is 11.9. The second-order valence-electron chi connectivity index (χ2n) is 9.80. The molecule has 0 aromatic heterocycles. The summed E-state index contributed by atoms with van der Waals surface area (Å²) in [4.78, 5) is 2.35. The minimum absolute atomic E-state index is 0.0392. The summed E-state index contributed by atoms with van der Waals surface area (Å²) in [5, 5.41) is 33.2. The van der Waals surface area contributed by atoms with E-state index in [9.17, 15) is 15.3 Å². The summed E-state index contributed by atoms with van der Waals surface area (Å²) in [5.74, 6) is 0.0392. The highest BCUT2D eigenvalue weighted by Crippen LogP contribution is 2.23. The maximum absolute atomic E-state index is 10.6. The first-order valence-corrected chi connectivity index (χ1v) is 11.9. The number of nitrogens with one attached hydrogen (secondary N) is 1. The highest BCUT2D eigenvalue weighted by molar-refractivity contribution is 5.36. The lowest BCUT2D eigenvalue weighted by atomic mass is 9.93. The summed E-state index contributed by atoms with van der Waals surface area (Å²) in [5.41, 5.74) is 4.79. The molecule has 4 N–H and O–H groups in total. The SMILES string of the molecule is CN(CCc1ccccc1)Cc1cccc(CC(C)(C)NC[C@H](O)c2ccc(O)c(CO)c2)c1. The Labute approximate surface area is 203 Å². The van der Waals surface area contributed by atoms with Crippen molar-refractivity contribution in [3.05, 3.63) is 101 Å². The molecular formula is C29H38N2O3. The molecular weight excluding hydrogens is 424 g/mol. The van der Waals surface area contributed by atoms with Gasteiger partial charge in [0, 0.05) is 30.7 Å². The number of likely N-dealkylation sites (N-methyl/N-ethyl adjacent to an activating group) is 1. The molecule has 0 amide bonds. The van der Waals surface area contributed by atoms with Crippen LogP contribution in [0.25, 0.3) is 0 Å². The molecule has 0 aliphatic carbocycles. The van der Waals surface area contributed by atoms with E-state index >= 15 is 0 Å². The Bertz CT molecular complexity index is 1040.